The van der Waals surface area contributed by atoms with E-state index in [0.717, 1.165) is 25.8 Å². The fourth-order valence-corrected chi connectivity index (χ4v) is 3.00. The number of fused-ring (bicyclic) bond motifs is 1. The smallest absolute Gasteiger partial charge is 0.262 e. The monoisotopic (exact) mass is 295 g/mol. The average molecular weight is 296 g/mol. The molecular weight excluding hydrogens is 281 g/mol. The Kier molecular flexibility index (Phi) is 3.72. The molecule has 0 spiro atoms. The minimum Gasteiger partial charge on any atom is -0.315 e. The van der Waals surface area contributed by atoms with Crippen molar-refractivity contribution in [2.24, 2.45) is 0 Å². The second-order valence-electron chi connectivity index (χ2n) is 5.05. The third-order valence-electron chi connectivity index (χ3n) is 3.72. The molecule has 4 nitrogen and oxygen atoms in total. The Morgan fingerprint density at radius 1 is 1.40 bits per heavy atom. The Morgan fingerprint density at radius 3 is 3.10 bits per heavy atom. The van der Waals surface area contributed by atoms with E-state index in [1.54, 1.807) is 6.07 Å². The molecule has 106 valence electrons. The van der Waals surface area contributed by atoms with Crippen molar-refractivity contribution in [2.45, 2.75) is 25.3 Å². The molecule has 1 aromatic carbocycles. The first-order valence-electron chi connectivity index (χ1n) is 6.75. The molecule has 0 bridgehead atoms. The molecular formula is C14H15ClFN3O. The molecule has 1 aromatic heterocycles. The Hall–Kier alpha value is -1.46. The first-order chi connectivity index (χ1) is 9.68. The highest BCUT2D eigenvalue weighted by atomic mass is 35.5. The third-order valence-corrected chi connectivity index (χ3v) is 3.99. The van der Waals surface area contributed by atoms with E-state index in [2.05, 4.69) is 10.3 Å². The van der Waals surface area contributed by atoms with Gasteiger partial charge in [-0.05, 0) is 43.1 Å². The van der Waals surface area contributed by atoms with Crippen molar-refractivity contribution in [1.82, 2.24) is 14.9 Å². The van der Waals surface area contributed by atoms with Crippen LogP contribution >= 0.6 is 11.6 Å². The largest absolute Gasteiger partial charge is 0.315 e. The van der Waals surface area contributed by atoms with Crippen molar-refractivity contribution in [3.8, 4) is 0 Å². The van der Waals surface area contributed by atoms with Crippen molar-refractivity contribution < 1.29 is 4.39 Å². The zero-order valence-electron chi connectivity index (χ0n) is 10.9. The summed E-state index contributed by atoms with van der Waals surface area (Å²) in [5.41, 5.74) is -0.228. The minimum absolute atomic E-state index is 0.0299. The number of benzene rings is 1. The van der Waals surface area contributed by atoms with Crippen LogP contribution < -0.4 is 10.9 Å². The quantitative estimate of drug-likeness (QED) is 0.822. The molecule has 2 heterocycles. The van der Waals surface area contributed by atoms with Crippen LogP contribution in [0.25, 0.3) is 10.9 Å². The number of hydrogen-bond donors (Lipinski definition) is 1. The summed E-state index contributed by atoms with van der Waals surface area (Å²) in [6.07, 6.45) is 2.98. The van der Waals surface area contributed by atoms with E-state index in [4.69, 9.17) is 11.6 Å². The van der Waals surface area contributed by atoms with Gasteiger partial charge in [-0.25, -0.2) is 9.37 Å². The van der Waals surface area contributed by atoms with Gasteiger partial charge in [0, 0.05) is 6.54 Å². The molecule has 1 fully saturated rings. The lowest BCUT2D eigenvalue weighted by atomic mass is 10.1. The van der Waals surface area contributed by atoms with E-state index in [0.29, 0.717) is 6.54 Å². The van der Waals surface area contributed by atoms with Crippen LogP contribution in [0.3, 0.4) is 0 Å². The summed E-state index contributed by atoms with van der Waals surface area (Å²) in [5, 5.41) is 3.62. The molecule has 0 radical (unpaired) electrons. The lowest BCUT2D eigenvalue weighted by Gasteiger charge is -2.19. The van der Waals surface area contributed by atoms with Gasteiger partial charge in [0.05, 0.1) is 11.4 Å². The topological polar surface area (TPSA) is 46.9 Å². The normalized spacial score (nSPS) is 20.0. The van der Waals surface area contributed by atoms with Gasteiger partial charge in [-0.1, -0.05) is 12.5 Å². The van der Waals surface area contributed by atoms with Crippen LogP contribution in [0.4, 0.5) is 4.39 Å². The maximum Gasteiger partial charge on any atom is 0.262 e. The summed E-state index contributed by atoms with van der Waals surface area (Å²) >= 11 is 6.12. The van der Waals surface area contributed by atoms with Crippen LogP contribution in [0.15, 0.2) is 23.0 Å². The van der Waals surface area contributed by atoms with Crippen LogP contribution in [0.1, 0.15) is 25.3 Å². The fourth-order valence-electron chi connectivity index (χ4n) is 2.70. The molecule has 0 saturated carbocycles. The van der Waals surface area contributed by atoms with Gasteiger partial charge in [0.15, 0.2) is 0 Å². The van der Waals surface area contributed by atoms with Crippen LogP contribution in [0.2, 0.25) is 5.28 Å². The Balaban J connectivity index is 2.18. The summed E-state index contributed by atoms with van der Waals surface area (Å²) in [5.74, 6) is -0.521. The molecule has 2 aromatic rings. The second kappa shape index (κ2) is 5.50. The lowest BCUT2D eigenvalue weighted by molar-refractivity contribution is 0.447. The van der Waals surface area contributed by atoms with Gasteiger partial charge in [0.25, 0.3) is 5.56 Å². The molecule has 1 aliphatic rings. The van der Waals surface area contributed by atoms with E-state index in [1.165, 1.54) is 16.7 Å². The number of nitrogens with zero attached hydrogens (tertiary/aromatic N) is 2. The summed E-state index contributed by atoms with van der Waals surface area (Å²) in [4.78, 5) is 16.6. The number of nitrogens with one attached hydrogen (secondary N) is 1. The maximum absolute atomic E-state index is 13.7. The second-order valence-corrected chi connectivity index (χ2v) is 5.38. The highest BCUT2D eigenvalue weighted by Crippen LogP contribution is 2.22. The Bertz CT molecular complexity index is 693. The van der Waals surface area contributed by atoms with Crippen molar-refractivity contribution in [1.29, 1.82) is 0 Å². The van der Waals surface area contributed by atoms with Gasteiger partial charge in [-0.3, -0.25) is 9.36 Å². The molecule has 1 aliphatic heterocycles. The zero-order chi connectivity index (χ0) is 14.1. The van der Waals surface area contributed by atoms with Gasteiger partial charge in [-0.2, -0.15) is 0 Å². The van der Waals surface area contributed by atoms with Crippen molar-refractivity contribution in [3.05, 3.63) is 39.7 Å². The van der Waals surface area contributed by atoms with Crippen LogP contribution in [0.5, 0.6) is 0 Å². The maximum atomic E-state index is 13.7. The first-order valence-corrected chi connectivity index (χ1v) is 7.13. The molecule has 1 atom stereocenters. The van der Waals surface area contributed by atoms with Crippen molar-refractivity contribution in [3.63, 3.8) is 0 Å². The minimum atomic E-state index is -0.521. The Morgan fingerprint density at radius 2 is 2.25 bits per heavy atom. The van der Waals surface area contributed by atoms with E-state index >= 15 is 0 Å². The highest BCUT2D eigenvalue weighted by Gasteiger charge is 2.20. The van der Waals surface area contributed by atoms with E-state index in [9.17, 15) is 9.18 Å². The van der Waals surface area contributed by atoms with E-state index in [1.807, 2.05) is 0 Å². The molecule has 1 N–H and O–H groups in total. The lowest BCUT2D eigenvalue weighted by Crippen LogP contribution is -2.32. The summed E-state index contributed by atoms with van der Waals surface area (Å²) < 4.78 is 15.2. The van der Waals surface area contributed by atoms with Crippen LogP contribution in [-0.2, 0) is 0 Å². The van der Waals surface area contributed by atoms with E-state index < -0.39 is 5.82 Å². The van der Waals surface area contributed by atoms with Gasteiger partial charge >= 0.3 is 0 Å². The summed E-state index contributed by atoms with van der Waals surface area (Å²) in [7, 11) is 0. The number of rotatable bonds is 1. The predicted molar refractivity (Wildman–Crippen MR) is 76.7 cm³/mol. The molecule has 6 heteroatoms. The molecule has 1 saturated heterocycles. The molecule has 0 amide bonds. The fraction of sp³-hybridized carbons (Fsp3) is 0.429. The van der Waals surface area contributed by atoms with Crippen molar-refractivity contribution in [2.75, 3.05) is 13.1 Å². The number of halogens is 2. The highest BCUT2D eigenvalue weighted by molar-refractivity contribution is 6.28. The summed E-state index contributed by atoms with van der Waals surface area (Å²) in [6, 6.07) is 4.36. The molecule has 3 rings (SSSR count). The number of para-hydroxylation sites is 1. The average Bonchev–Trinajstić information content (AvgIpc) is 2.69. The standard InChI is InChI=1S/C14H15ClFN3O/c15-14-18-12-10(5-3-6-11(12)16)13(20)19(14)9-4-1-2-7-17-8-9/h3,5-6,9,17H,1-2,4,7-8H2. The van der Waals surface area contributed by atoms with Gasteiger partial charge in [-0.15, -0.1) is 0 Å². The molecule has 20 heavy (non-hydrogen) atoms. The zero-order valence-corrected chi connectivity index (χ0v) is 11.7. The first kappa shape index (κ1) is 13.5. The van der Waals surface area contributed by atoms with Gasteiger partial charge < -0.3 is 5.32 Å². The van der Waals surface area contributed by atoms with Crippen molar-refractivity contribution >= 4 is 22.5 Å². The molecule has 0 aliphatic carbocycles. The predicted octanol–water partition coefficient (Wildman–Crippen LogP) is 2.50. The van der Waals surface area contributed by atoms with Crippen LogP contribution in [-0.4, -0.2) is 22.6 Å². The molecule has 1 unspecified atom stereocenters. The number of hydrogen-bond acceptors (Lipinski definition) is 3. The van der Waals surface area contributed by atoms with E-state index in [-0.39, 0.29) is 27.8 Å². The SMILES string of the molecule is O=c1c2cccc(F)c2nc(Cl)n1C1CCCCNC1. The Labute approximate surface area is 120 Å². The number of aromatic nitrogens is 2. The summed E-state index contributed by atoms with van der Waals surface area (Å²) in [6.45, 7) is 1.63. The van der Waals surface area contributed by atoms with Crippen LogP contribution in [0, 0.1) is 5.82 Å². The van der Waals surface area contributed by atoms with Gasteiger partial charge in [0.2, 0.25) is 5.28 Å². The van der Waals surface area contributed by atoms with Gasteiger partial charge in [0.1, 0.15) is 11.3 Å². The third kappa shape index (κ3) is 2.31.